The van der Waals surface area contributed by atoms with Crippen LogP contribution in [0.25, 0.3) is 16.6 Å². The Labute approximate surface area is 192 Å². The zero-order chi connectivity index (χ0) is 22.0. The minimum atomic E-state index is -0.247. The van der Waals surface area contributed by atoms with Gasteiger partial charge in [0.1, 0.15) is 5.75 Å². The summed E-state index contributed by atoms with van der Waals surface area (Å²) in [5.41, 5.74) is 1.39. The first-order valence-corrected chi connectivity index (χ1v) is 11.0. The van der Waals surface area contributed by atoms with Crippen molar-refractivity contribution in [2.45, 2.75) is 5.16 Å². The summed E-state index contributed by atoms with van der Waals surface area (Å²) in [6.45, 7) is 0. The van der Waals surface area contributed by atoms with Crippen LogP contribution in [0.15, 0.2) is 76.7 Å². The lowest BCUT2D eigenvalue weighted by molar-refractivity contribution is 0.102. The number of Topliss-reactive ketones (excluding diaryl/α,β-unsaturated/α-hetero) is 1. The monoisotopic (exact) mass is 470 g/mol. The number of rotatable bonds is 6. The number of hydrogen-bond acceptors (Lipinski definition) is 5. The maximum Gasteiger partial charge on any atom is 0.266 e. The third kappa shape index (κ3) is 4.46. The number of methoxy groups -OCH3 is 1. The Bertz CT molecular complexity index is 1340. The van der Waals surface area contributed by atoms with Gasteiger partial charge in [0.05, 0.1) is 39.5 Å². The normalized spacial score (nSPS) is 10.9. The summed E-state index contributed by atoms with van der Waals surface area (Å²) in [6, 6.07) is 18.9. The molecule has 0 radical (unpaired) electrons. The van der Waals surface area contributed by atoms with E-state index in [9.17, 15) is 9.59 Å². The van der Waals surface area contributed by atoms with Gasteiger partial charge in [0.25, 0.3) is 5.56 Å². The van der Waals surface area contributed by atoms with Gasteiger partial charge in [0.2, 0.25) is 0 Å². The van der Waals surface area contributed by atoms with Gasteiger partial charge in [-0.25, -0.2) is 4.98 Å². The number of nitrogens with zero attached hydrogens (tertiary/aromatic N) is 2. The van der Waals surface area contributed by atoms with E-state index in [-0.39, 0.29) is 17.1 Å². The third-order valence-electron chi connectivity index (χ3n) is 4.65. The fraction of sp³-hybridized carbons (Fsp3) is 0.0870. The van der Waals surface area contributed by atoms with E-state index in [0.29, 0.717) is 43.1 Å². The van der Waals surface area contributed by atoms with Gasteiger partial charge in [-0.3, -0.25) is 14.2 Å². The number of thioether (sulfide) groups is 1. The first-order valence-electron chi connectivity index (χ1n) is 9.25. The molecule has 0 N–H and O–H groups in total. The molecule has 0 unspecified atom stereocenters. The number of halogens is 2. The molecule has 4 aromatic rings. The number of ketones is 1. The molecule has 5 nitrogen and oxygen atoms in total. The van der Waals surface area contributed by atoms with Crippen LogP contribution in [0.4, 0.5) is 0 Å². The number of para-hydroxylation sites is 1. The Kier molecular flexibility index (Phi) is 6.32. The lowest BCUT2D eigenvalue weighted by Crippen LogP contribution is -2.22. The van der Waals surface area contributed by atoms with Gasteiger partial charge >= 0.3 is 0 Å². The molecule has 0 atom stereocenters. The smallest absolute Gasteiger partial charge is 0.266 e. The number of carbonyl (C=O) groups excluding carboxylic acids is 1. The first-order chi connectivity index (χ1) is 15.0. The number of fused-ring (bicyclic) bond motifs is 1. The van der Waals surface area contributed by atoms with E-state index in [0.717, 1.165) is 0 Å². The molecule has 0 spiro atoms. The number of hydrogen-bond donors (Lipinski definition) is 0. The predicted octanol–water partition coefficient (Wildman–Crippen LogP) is 5.68. The Morgan fingerprint density at radius 3 is 2.48 bits per heavy atom. The summed E-state index contributed by atoms with van der Waals surface area (Å²) in [5.74, 6) is 0.697. The molecule has 1 heterocycles. The second-order valence-electron chi connectivity index (χ2n) is 6.59. The molecule has 0 aliphatic carbocycles. The van der Waals surface area contributed by atoms with E-state index in [4.69, 9.17) is 27.9 Å². The van der Waals surface area contributed by atoms with Crippen molar-refractivity contribution in [3.8, 4) is 11.4 Å². The van der Waals surface area contributed by atoms with Crippen LogP contribution >= 0.6 is 35.0 Å². The molecule has 156 valence electrons. The average Bonchev–Trinajstić information content (AvgIpc) is 2.79. The minimum Gasteiger partial charge on any atom is -0.497 e. The van der Waals surface area contributed by atoms with Gasteiger partial charge in [-0.15, -0.1) is 0 Å². The standard InChI is InChI=1S/C23H16Cl2N2O3S/c1-30-16-9-6-14(7-10-16)21(28)13-31-23-26-20-5-3-2-4-17(20)22(29)27(23)15-8-11-18(24)19(25)12-15/h2-12H,13H2,1H3. The summed E-state index contributed by atoms with van der Waals surface area (Å²) in [5, 5.41) is 1.57. The van der Waals surface area contributed by atoms with Crippen molar-refractivity contribution in [3.63, 3.8) is 0 Å². The highest BCUT2D eigenvalue weighted by atomic mass is 35.5. The van der Waals surface area contributed by atoms with E-state index in [1.54, 1.807) is 67.8 Å². The molecule has 0 fully saturated rings. The fourth-order valence-electron chi connectivity index (χ4n) is 3.05. The van der Waals surface area contributed by atoms with Gasteiger partial charge < -0.3 is 4.74 Å². The number of carbonyl (C=O) groups is 1. The number of benzene rings is 3. The molecule has 31 heavy (non-hydrogen) atoms. The lowest BCUT2D eigenvalue weighted by Gasteiger charge is -2.13. The van der Waals surface area contributed by atoms with E-state index in [1.165, 1.54) is 16.3 Å². The topological polar surface area (TPSA) is 61.2 Å². The van der Waals surface area contributed by atoms with Crippen molar-refractivity contribution in [3.05, 3.63) is 92.7 Å². The zero-order valence-electron chi connectivity index (χ0n) is 16.3. The summed E-state index contributed by atoms with van der Waals surface area (Å²) >= 11 is 13.4. The number of ether oxygens (including phenoxy) is 1. The predicted molar refractivity (Wildman–Crippen MR) is 125 cm³/mol. The zero-order valence-corrected chi connectivity index (χ0v) is 18.7. The van der Waals surface area contributed by atoms with Crippen LogP contribution in [0.3, 0.4) is 0 Å². The van der Waals surface area contributed by atoms with E-state index >= 15 is 0 Å². The van der Waals surface area contributed by atoms with Gasteiger partial charge in [-0.05, 0) is 54.6 Å². The van der Waals surface area contributed by atoms with Crippen molar-refractivity contribution in [2.24, 2.45) is 0 Å². The quantitative estimate of drug-likeness (QED) is 0.206. The Morgan fingerprint density at radius 2 is 1.77 bits per heavy atom. The highest BCUT2D eigenvalue weighted by Crippen LogP contribution is 2.27. The lowest BCUT2D eigenvalue weighted by atomic mass is 10.1. The van der Waals surface area contributed by atoms with Gasteiger partial charge in [0.15, 0.2) is 10.9 Å². The SMILES string of the molecule is COc1ccc(C(=O)CSc2nc3ccccc3c(=O)n2-c2ccc(Cl)c(Cl)c2)cc1. The van der Waals surface area contributed by atoms with Crippen LogP contribution in [-0.2, 0) is 0 Å². The summed E-state index contributed by atoms with van der Waals surface area (Å²) in [4.78, 5) is 30.6. The Morgan fingerprint density at radius 1 is 1.03 bits per heavy atom. The molecule has 0 bridgehead atoms. The molecule has 1 aromatic heterocycles. The molecule has 4 rings (SSSR count). The maximum atomic E-state index is 13.3. The molecular weight excluding hydrogens is 455 g/mol. The highest BCUT2D eigenvalue weighted by molar-refractivity contribution is 7.99. The molecule has 3 aromatic carbocycles. The second kappa shape index (κ2) is 9.14. The van der Waals surface area contributed by atoms with Crippen LogP contribution in [0.2, 0.25) is 10.0 Å². The van der Waals surface area contributed by atoms with Gasteiger partial charge in [-0.2, -0.15) is 0 Å². The van der Waals surface area contributed by atoms with Crippen molar-refractivity contribution in [1.82, 2.24) is 9.55 Å². The van der Waals surface area contributed by atoms with Crippen molar-refractivity contribution < 1.29 is 9.53 Å². The Hall–Kier alpha value is -2.80. The van der Waals surface area contributed by atoms with Crippen LogP contribution in [-0.4, -0.2) is 28.2 Å². The summed E-state index contributed by atoms with van der Waals surface area (Å²) in [6.07, 6.45) is 0. The van der Waals surface area contributed by atoms with Crippen molar-refractivity contribution >= 4 is 51.6 Å². The molecule has 8 heteroatoms. The van der Waals surface area contributed by atoms with Crippen LogP contribution in [0.5, 0.6) is 5.75 Å². The largest absolute Gasteiger partial charge is 0.497 e. The fourth-order valence-corrected chi connectivity index (χ4v) is 4.25. The van der Waals surface area contributed by atoms with Crippen molar-refractivity contribution in [2.75, 3.05) is 12.9 Å². The Balaban J connectivity index is 1.74. The van der Waals surface area contributed by atoms with E-state index in [1.807, 2.05) is 6.07 Å². The average molecular weight is 471 g/mol. The van der Waals surface area contributed by atoms with E-state index in [2.05, 4.69) is 4.98 Å². The van der Waals surface area contributed by atoms with Gasteiger partial charge in [-0.1, -0.05) is 47.1 Å². The maximum absolute atomic E-state index is 13.3. The second-order valence-corrected chi connectivity index (χ2v) is 8.35. The highest BCUT2D eigenvalue weighted by Gasteiger charge is 2.16. The van der Waals surface area contributed by atoms with Crippen LogP contribution in [0.1, 0.15) is 10.4 Å². The third-order valence-corrected chi connectivity index (χ3v) is 6.33. The summed E-state index contributed by atoms with van der Waals surface area (Å²) < 4.78 is 6.59. The van der Waals surface area contributed by atoms with E-state index < -0.39 is 0 Å². The minimum absolute atomic E-state index is 0.0873. The molecule has 0 aliphatic heterocycles. The molecular formula is C23H16Cl2N2O3S. The molecule has 0 saturated heterocycles. The van der Waals surface area contributed by atoms with Gasteiger partial charge in [0, 0.05) is 5.56 Å². The molecule has 0 amide bonds. The summed E-state index contributed by atoms with van der Waals surface area (Å²) in [7, 11) is 1.57. The van der Waals surface area contributed by atoms with Crippen LogP contribution < -0.4 is 10.3 Å². The first kappa shape index (κ1) is 21.4. The molecule has 0 saturated carbocycles. The molecule has 0 aliphatic rings. The number of aromatic nitrogens is 2. The van der Waals surface area contributed by atoms with Crippen molar-refractivity contribution in [1.29, 1.82) is 0 Å². The van der Waals surface area contributed by atoms with Crippen LogP contribution in [0, 0.1) is 0 Å².